The number of pyridine rings is 1. The zero-order valence-corrected chi connectivity index (χ0v) is 10.8. The summed E-state index contributed by atoms with van der Waals surface area (Å²) in [6, 6.07) is 3.46. The van der Waals surface area contributed by atoms with Crippen LogP contribution in [0, 0.1) is 11.8 Å². The summed E-state index contributed by atoms with van der Waals surface area (Å²) in [5.41, 5.74) is 1.19. The molecule has 0 aliphatic carbocycles. The predicted molar refractivity (Wildman–Crippen MR) is 70.1 cm³/mol. The topological polar surface area (TPSA) is 53.4 Å². The van der Waals surface area contributed by atoms with Crippen LogP contribution < -0.4 is 0 Å². The van der Waals surface area contributed by atoms with Gasteiger partial charge in [-0.2, -0.15) is 0 Å². The minimum Gasteiger partial charge on any atom is -0.395 e. The summed E-state index contributed by atoms with van der Waals surface area (Å²) in [4.78, 5) is 17.8. The number of aliphatic hydroxyl groups excluding tert-OH is 1. The molecule has 1 N–H and O–H groups in total. The summed E-state index contributed by atoms with van der Waals surface area (Å²) in [6.07, 6.45) is 2.03. The molecule has 0 unspecified atom stereocenters. The van der Waals surface area contributed by atoms with E-state index in [1.807, 2.05) is 13.8 Å². The fourth-order valence-electron chi connectivity index (χ4n) is 1.49. The number of carbonyl (C=O) groups excluding carboxylic acids is 1. The molecule has 4 heteroatoms. The molecule has 1 aromatic rings. The number of amides is 1. The molecule has 96 valence electrons. The van der Waals surface area contributed by atoms with Gasteiger partial charge in [-0.3, -0.25) is 4.79 Å². The van der Waals surface area contributed by atoms with Crippen molar-refractivity contribution in [1.82, 2.24) is 9.88 Å². The first kappa shape index (κ1) is 14.2. The molecule has 0 atom stereocenters. The summed E-state index contributed by atoms with van der Waals surface area (Å²) in [5, 5.41) is 8.61. The van der Waals surface area contributed by atoms with Gasteiger partial charge in [0.1, 0.15) is 5.69 Å². The van der Waals surface area contributed by atoms with Crippen molar-refractivity contribution in [3.05, 3.63) is 29.6 Å². The lowest BCUT2D eigenvalue weighted by molar-refractivity contribution is 0.0767. The molecular weight excluding hydrogens is 228 g/mol. The molecule has 0 fully saturated rings. The summed E-state index contributed by atoms with van der Waals surface area (Å²) >= 11 is 0. The quantitative estimate of drug-likeness (QED) is 0.815. The summed E-state index contributed by atoms with van der Waals surface area (Å²) in [7, 11) is 0. The van der Waals surface area contributed by atoms with Crippen LogP contribution in [0.5, 0.6) is 0 Å². The maximum Gasteiger partial charge on any atom is 0.272 e. The van der Waals surface area contributed by atoms with Crippen LogP contribution in [-0.2, 0) is 0 Å². The highest BCUT2D eigenvalue weighted by atomic mass is 16.2. The Morgan fingerprint density at radius 1 is 1.39 bits per heavy atom. The number of carbonyl (C=O) groups is 1. The highest BCUT2D eigenvalue weighted by Gasteiger charge is 2.12. The van der Waals surface area contributed by atoms with E-state index >= 15 is 0 Å². The van der Waals surface area contributed by atoms with E-state index in [1.165, 1.54) is 0 Å². The molecule has 0 spiro atoms. The number of hydrogen-bond acceptors (Lipinski definition) is 3. The third-order valence-electron chi connectivity index (χ3n) is 2.50. The van der Waals surface area contributed by atoms with Gasteiger partial charge < -0.3 is 10.0 Å². The molecule has 0 saturated heterocycles. The van der Waals surface area contributed by atoms with Crippen molar-refractivity contribution in [3.8, 4) is 11.8 Å². The average molecular weight is 246 g/mol. The smallest absolute Gasteiger partial charge is 0.272 e. The second-order valence-electron chi connectivity index (χ2n) is 3.68. The van der Waals surface area contributed by atoms with Gasteiger partial charge in [0.15, 0.2) is 0 Å². The molecule has 1 aromatic heterocycles. The Bertz CT molecular complexity index is 439. The second-order valence-corrected chi connectivity index (χ2v) is 3.68. The van der Waals surface area contributed by atoms with Gasteiger partial charge in [0.25, 0.3) is 5.91 Å². The van der Waals surface area contributed by atoms with Gasteiger partial charge in [-0.15, -0.1) is 0 Å². The Balaban J connectivity index is 2.77. The van der Waals surface area contributed by atoms with Crippen LogP contribution in [0.2, 0.25) is 0 Å². The summed E-state index contributed by atoms with van der Waals surface area (Å²) < 4.78 is 0. The number of nitrogens with zero attached hydrogens (tertiary/aromatic N) is 2. The van der Waals surface area contributed by atoms with Gasteiger partial charge in [0.2, 0.25) is 0 Å². The van der Waals surface area contributed by atoms with Gasteiger partial charge >= 0.3 is 0 Å². The number of aromatic nitrogens is 1. The van der Waals surface area contributed by atoms with E-state index in [-0.39, 0.29) is 12.5 Å². The maximum atomic E-state index is 12.0. The number of hydrogen-bond donors (Lipinski definition) is 1. The normalized spacial score (nSPS) is 9.50. The number of rotatable bonds is 4. The summed E-state index contributed by atoms with van der Waals surface area (Å²) in [5.74, 6) is 5.62. The van der Waals surface area contributed by atoms with Crippen LogP contribution in [0.4, 0.5) is 0 Å². The van der Waals surface area contributed by atoms with Crippen LogP contribution in [-0.4, -0.2) is 40.6 Å². The highest BCUT2D eigenvalue weighted by molar-refractivity contribution is 5.92. The third-order valence-corrected chi connectivity index (χ3v) is 2.50. The van der Waals surface area contributed by atoms with E-state index in [0.29, 0.717) is 25.2 Å². The van der Waals surface area contributed by atoms with Crippen molar-refractivity contribution >= 4 is 5.91 Å². The minimum atomic E-state index is -0.0603. The van der Waals surface area contributed by atoms with Crippen molar-refractivity contribution < 1.29 is 9.90 Å². The van der Waals surface area contributed by atoms with Gasteiger partial charge in [-0.1, -0.05) is 11.8 Å². The highest BCUT2D eigenvalue weighted by Crippen LogP contribution is 2.03. The fraction of sp³-hybridized carbons (Fsp3) is 0.429. The standard InChI is InChI=1S/C14H18N2O2/c1-3-16(4-2)14(18)13-9-8-12(11-15-13)7-5-6-10-17/h8-9,11,17H,3-4,6,10H2,1-2H3. The second kappa shape index (κ2) is 7.46. The van der Waals surface area contributed by atoms with E-state index < -0.39 is 0 Å². The average Bonchev–Trinajstić information content (AvgIpc) is 2.41. The van der Waals surface area contributed by atoms with E-state index in [9.17, 15) is 4.79 Å². The third kappa shape index (κ3) is 3.86. The lowest BCUT2D eigenvalue weighted by Crippen LogP contribution is -2.31. The Kier molecular flexibility index (Phi) is 5.89. The van der Waals surface area contributed by atoms with Crippen molar-refractivity contribution in [2.24, 2.45) is 0 Å². The van der Waals surface area contributed by atoms with Crippen LogP contribution in [0.25, 0.3) is 0 Å². The molecule has 1 heterocycles. The zero-order valence-electron chi connectivity index (χ0n) is 10.8. The van der Waals surface area contributed by atoms with Gasteiger partial charge in [-0.05, 0) is 26.0 Å². The molecule has 1 amide bonds. The van der Waals surface area contributed by atoms with Gasteiger partial charge in [-0.25, -0.2) is 4.98 Å². The van der Waals surface area contributed by atoms with Crippen LogP contribution in [0.15, 0.2) is 18.3 Å². The van der Waals surface area contributed by atoms with Crippen molar-refractivity contribution in [3.63, 3.8) is 0 Å². The Hall–Kier alpha value is -1.86. The summed E-state index contributed by atoms with van der Waals surface area (Å²) in [6.45, 7) is 5.29. The lowest BCUT2D eigenvalue weighted by atomic mass is 10.2. The largest absolute Gasteiger partial charge is 0.395 e. The van der Waals surface area contributed by atoms with Crippen LogP contribution >= 0.6 is 0 Å². The van der Waals surface area contributed by atoms with Crippen molar-refractivity contribution in [2.45, 2.75) is 20.3 Å². The van der Waals surface area contributed by atoms with Crippen molar-refractivity contribution in [2.75, 3.05) is 19.7 Å². The van der Waals surface area contributed by atoms with Gasteiger partial charge in [0.05, 0.1) is 6.61 Å². The maximum absolute atomic E-state index is 12.0. The number of aliphatic hydroxyl groups is 1. The van der Waals surface area contributed by atoms with E-state index in [4.69, 9.17) is 5.11 Å². The fourth-order valence-corrected chi connectivity index (χ4v) is 1.49. The van der Waals surface area contributed by atoms with E-state index in [2.05, 4.69) is 16.8 Å². The molecule has 1 rings (SSSR count). The molecule has 18 heavy (non-hydrogen) atoms. The molecule has 0 saturated carbocycles. The molecule has 0 bridgehead atoms. The van der Waals surface area contributed by atoms with Crippen molar-refractivity contribution in [1.29, 1.82) is 0 Å². The minimum absolute atomic E-state index is 0.0545. The first-order valence-corrected chi connectivity index (χ1v) is 6.08. The monoisotopic (exact) mass is 246 g/mol. The molecule has 0 aliphatic heterocycles. The molecule has 4 nitrogen and oxygen atoms in total. The van der Waals surface area contributed by atoms with E-state index in [1.54, 1.807) is 23.2 Å². The van der Waals surface area contributed by atoms with Gasteiger partial charge in [0, 0.05) is 31.3 Å². The Labute approximate surface area is 108 Å². The SMILES string of the molecule is CCN(CC)C(=O)c1ccc(C#CCCO)cn1. The van der Waals surface area contributed by atoms with Crippen LogP contribution in [0.3, 0.4) is 0 Å². The van der Waals surface area contributed by atoms with E-state index in [0.717, 1.165) is 5.56 Å². The Morgan fingerprint density at radius 2 is 2.11 bits per heavy atom. The van der Waals surface area contributed by atoms with Crippen LogP contribution in [0.1, 0.15) is 36.3 Å². The predicted octanol–water partition coefficient (Wildman–Crippen LogP) is 1.30. The molecular formula is C14H18N2O2. The molecule has 0 aromatic carbocycles. The Morgan fingerprint density at radius 3 is 2.61 bits per heavy atom. The molecule has 0 aliphatic rings. The lowest BCUT2D eigenvalue weighted by Gasteiger charge is -2.17. The first-order valence-electron chi connectivity index (χ1n) is 6.08. The zero-order chi connectivity index (χ0) is 13.4. The first-order chi connectivity index (χ1) is 8.72. The molecule has 0 radical (unpaired) electrons.